The molecule has 140 valence electrons. The van der Waals surface area contributed by atoms with Crippen LogP contribution in [0.15, 0.2) is 59.4 Å². The molecule has 3 aromatic rings. The highest BCUT2D eigenvalue weighted by Gasteiger charge is 2.18. The Morgan fingerprint density at radius 2 is 1.78 bits per heavy atom. The molecule has 1 aromatic heterocycles. The van der Waals surface area contributed by atoms with E-state index in [2.05, 4.69) is 0 Å². The minimum Gasteiger partial charge on any atom is -0.457 e. The second-order valence-electron chi connectivity index (χ2n) is 7.02. The molecule has 3 rings (SSSR count). The fourth-order valence-electron chi connectivity index (χ4n) is 2.85. The van der Waals surface area contributed by atoms with E-state index in [0.29, 0.717) is 25.0 Å². The van der Waals surface area contributed by atoms with Crippen molar-refractivity contribution in [3.05, 3.63) is 70.5 Å². The second-order valence-corrected chi connectivity index (χ2v) is 7.02. The molecule has 0 bridgehead atoms. The molecule has 0 fully saturated rings. The molecule has 5 nitrogen and oxygen atoms in total. The molecule has 0 radical (unpaired) electrons. The number of hydrogen-bond donors (Lipinski definition) is 0. The van der Waals surface area contributed by atoms with Crippen LogP contribution in [0.1, 0.15) is 30.6 Å². The third-order valence-electron chi connectivity index (χ3n) is 4.69. The fourth-order valence-corrected chi connectivity index (χ4v) is 2.85. The van der Waals surface area contributed by atoms with Crippen molar-refractivity contribution in [1.82, 2.24) is 4.57 Å². The lowest BCUT2D eigenvalue weighted by molar-refractivity contribution is 0.0121. The van der Waals surface area contributed by atoms with Gasteiger partial charge >= 0.3 is 0 Å². The van der Waals surface area contributed by atoms with Crippen molar-refractivity contribution in [3.63, 3.8) is 0 Å². The Bertz CT molecular complexity index is 1010. The zero-order valence-corrected chi connectivity index (χ0v) is 15.8. The molecule has 0 aliphatic carbocycles. The maximum atomic E-state index is 12.7. The van der Waals surface area contributed by atoms with E-state index in [4.69, 9.17) is 9.47 Å². The minimum absolute atomic E-state index is 0.148. The van der Waals surface area contributed by atoms with E-state index in [-0.39, 0.29) is 16.7 Å². The highest BCUT2D eigenvalue weighted by atomic mass is 16.5. The molecule has 0 N–H and O–H groups in total. The average Bonchev–Trinajstić information content (AvgIpc) is 2.68. The first kappa shape index (κ1) is 18.9. The molecule has 27 heavy (non-hydrogen) atoms. The Labute approximate surface area is 158 Å². The van der Waals surface area contributed by atoms with Gasteiger partial charge in [0, 0.05) is 19.7 Å². The first-order valence-electron chi connectivity index (χ1n) is 8.84. The number of fused-ring (bicyclic) bond motifs is 1. The van der Waals surface area contributed by atoms with Crippen LogP contribution in [0, 0.1) is 0 Å². The van der Waals surface area contributed by atoms with Crippen molar-refractivity contribution in [3.8, 4) is 11.5 Å². The molecule has 0 aliphatic rings. The van der Waals surface area contributed by atoms with Gasteiger partial charge in [0.1, 0.15) is 11.5 Å². The number of ether oxygens (including phenoxy) is 2. The van der Waals surface area contributed by atoms with Crippen LogP contribution < -0.4 is 10.3 Å². The van der Waals surface area contributed by atoms with E-state index in [0.717, 1.165) is 16.7 Å². The summed E-state index contributed by atoms with van der Waals surface area (Å²) in [4.78, 5) is 24.1. The summed E-state index contributed by atoms with van der Waals surface area (Å²) in [5.41, 5.74) is 0.197. The number of hydrogen-bond acceptors (Lipinski definition) is 4. The predicted molar refractivity (Wildman–Crippen MR) is 106 cm³/mol. The standard InChI is InChI=1S/C22H23NO4/c1-22(2,26-3)11-12-23-20-14-19(27-18-7-5-4-6-8-18)10-9-16(20)13-17(15-24)21(23)25/h4-10,13-15H,11-12H2,1-3H3. The van der Waals surface area contributed by atoms with Crippen LogP contribution in [0.4, 0.5) is 0 Å². The van der Waals surface area contributed by atoms with Crippen molar-refractivity contribution in [2.45, 2.75) is 32.4 Å². The van der Waals surface area contributed by atoms with Gasteiger partial charge in [-0.3, -0.25) is 9.59 Å². The molecule has 0 saturated heterocycles. The fraction of sp³-hybridized carbons (Fsp3) is 0.273. The lowest BCUT2D eigenvalue weighted by atomic mass is 10.0. The lowest BCUT2D eigenvalue weighted by Crippen LogP contribution is -2.30. The van der Waals surface area contributed by atoms with E-state index in [1.807, 2.05) is 62.4 Å². The topological polar surface area (TPSA) is 57.5 Å². The summed E-state index contributed by atoms with van der Waals surface area (Å²) in [5.74, 6) is 1.35. The molecule has 0 aliphatic heterocycles. The van der Waals surface area contributed by atoms with E-state index in [1.165, 1.54) is 0 Å². The van der Waals surface area contributed by atoms with Crippen LogP contribution in [0.3, 0.4) is 0 Å². The van der Waals surface area contributed by atoms with Gasteiger partial charge in [0.05, 0.1) is 16.7 Å². The van der Waals surface area contributed by atoms with Crippen LogP contribution >= 0.6 is 0 Å². The summed E-state index contributed by atoms with van der Waals surface area (Å²) in [6, 6.07) is 16.6. The maximum Gasteiger partial charge on any atom is 0.261 e. The summed E-state index contributed by atoms with van der Waals surface area (Å²) < 4.78 is 13.0. The Kier molecular flexibility index (Phi) is 5.42. The molecule has 2 aromatic carbocycles. The predicted octanol–water partition coefficient (Wildman–Crippen LogP) is 4.42. The minimum atomic E-state index is -0.374. The van der Waals surface area contributed by atoms with Crippen molar-refractivity contribution >= 4 is 17.2 Å². The van der Waals surface area contributed by atoms with E-state index < -0.39 is 0 Å². The normalized spacial score (nSPS) is 11.5. The van der Waals surface area contributed by atoms with Gasteiger partial charge in [0.2, 0.25) is 0 Å². The molecule has 0 saturated carbocycles. The number of nitrogens with zero attached hydrogens (tertiary/aromatic N) is 1. The smallest absolute Gasteiger partial charge is 0.261 e. The number of carbonyl (C=O) groups excluding carboxylic acids is 1. The monoisotopic (exact) mass is 365 g/mol. The third kappa shape index (κ3) is 4.26. The Morgan fingerprint density at radius 1 is 1.04 bits per heavy atom. The van der Waals surface area contributed by atoms with E-state index in [1.54, 1.807) is 17.7 Å². The van der Waals surface area contributed by atoms with Crippen molar-refractivity contribution in [2.24, 2.45) is 0 Å². The maximum absolute atomic E-state index is 12.7. The number of aldehydes is 1. The van der Waals surface area contributed by atoms with Crippen LogP contribution in [0.2, 0.25) is 0 Å². The summed E-state index contributed by atoms with van der Waals surface area (Å²) in [6.07, 6.45) is 1.23. The number of pyridine rings is 1. The third-order valence-corrected chi connectivity index (χ3v) is 4.69. The summed E-state index contributed by atoms with van der Waals surface area (Å²) in [6.45, 7) is 4.37. The Morgan fingerprint density at radius 3 is 2.44 bits per heavy atom. The van der Waals surface area contributed by atoms with Crippen molar-refractivity contribution < 1.29 is 14.3 Å². The molecule has 0 unspecified atom stereocenters. The van der Waals surface area contributed by atoms with Crippen LogP contribution in [0.5, 0.6) is 11.5 Å². The van der Waals surface area contributed by atoms with Gasteiger partial charge in [-0.25, -0.2) is 0 Å². The first-order valence-corrected chi connectivity index (χ1v) is 8.84. The summed E-state index contributed by atoms with van der Waals surface area (Å²) in [7, 11) is 1.65. The number of methoxy groups -OCH3 is 1. The van der Waals surface area contributed by atoms with Gasteiger partial charge in [-0.1, -0.05) is 18.2 Å². The van der Waals surface area contributed by atoms with Gasteiger partial charge in [0.25, 0.3) is 5.56 Å². The molecule has 0 atom stereocenters. The largest absolute Gasteiger partial charge is 0.457 e. The number of aromatic nitrogens is 1. The lowest BCUT2D eigenvalue weighted by Gasteiger charge is -2.24. The Hall–Kier alpha value is -2.92. The molecule has 0 amide bonds. The summed E-state index contributed by atoms with van der Waals surface area (Å²) in [5, 5.41) is 0.812. The molecule has 0 spiro atoms. The number of rotatable bonds is 7. The van der Waals surface area contributed by atoms with Gasteiger partial charge in [-0.05, 0) is 56.0 Å². The van der Waals surface area contributed by atoms with Crippen LogP contribution in [0.25, 0.3) is 10.9 Å². The average molecular weight is 365 g/mol. The van der Waals surface area contributed by atoms with E-state index >= 15 is 0 Å². The summed E-state index contributed by atoms with van der Waals surface area (Å²) >= 11 is 0. The molecule has 5 heteroatoms. The van der Waals surface area contributed by atoms with Crippen molar-refractivity contribution in [2.75, 3.05) is 7.11 Å². The molecule has 1 heterocycles. The quantitative estimate of drug-likeness (QED) is 0.582. The second kappa shape index (κ2) is 7.76. The molecular weight excluding hydrogens is 342 g/mol. The zero-order chi connectivity index (χ0) is 19.4. The highest BCUT2D eigenvalue weighted by Crippen LogP contribution is 2.26. The van der Waals surface area contributed by atoms with Crippen LogP contribution in [-0.4, -0.2) is 23.6 Å². The number of aryl methyl sites for hydroxylation is 1. The molecular formula is C22H23NO4. The van der Waals surface area contributed by atoms with E-state index in [9.17, 15) is 9.59 Å². The van der Waals surface area contributed by atoms with Gasteiger partial charge < -0.3 is 14.0 Å². The zero-order valence-electron chi connectivity index (χ0n) is 15.8. The SMILES string of the molecule is COC(C)(C)CCn1c(=O)c(C=O)cc2ccc(Oc3ccccc3)cc21. The van der Waals surface area contributed by atoms with Gasteiger partial charge in [0.15, 0.2) is 6.29 Å². The number of benzene rings is 2. The number of carbonyl (C=O) groups is 1. The number of para-hydroxylation sites is 1. The van der Waals surface area contributed by atoms with Gasteiger partial charge in [-0.15, -0.1) is 0 Å². The van der Waals surface area contributed by atoms with Gasteiger partial charge in [-0.2, -0.15) is 0 Å². The first-order chi connectivity index (χ1) is 12.9. The van der Waals surface area contributed by atoms with Crippen LogP contribution in [-0.2, 0) is 11.3 Å². The van der Waals surface area contributed by atoms with Crippen molar-refractivity contribution in [1.29, 1.82) is 0 Å². The Balaban J connectivity index is 2.06. The highest BCUT2D eigenvalue weighted by molar-refractivity contribution is 5.87.